The molecule has 2 N–H and O–H groups in total. The monoisotopic (exact) mass is 302 g/mol. The van der Waals surface area contributed by atoms with Crippen LogP contribution in [0.2, 0.25) is 5.02 Å². The first-order valence-corrected chi connectivity index (χ1v) is 5.99. The molecule has 2 nitrogen and oxygen atoms in total. The third-order valence-corrected chi connectivity index (χ3v) is 3.06. The lowest BCUT2D eigenvalue weighted by molar-refractivity contribution is -0.0328. The van der Waals surface area contributed by atoms with Gasteiger partial charge in [0.15, 0.2) is 0 Å². The van der Waals surface area contributed by atoms with Gasteiger partial charge < -0.3 is 5.73 Å². The van der Waals surface area contributed by atoms with Crippen LogP contribution in [0.25, 0.3) is 0 Å². The van der Waals surface area contributed by atoms with Crippen molar-refractivity contribution in [2.45, 2.75) is 10.4 Å². The molecule has 0 aromatic heterocycles. The predicted octanol–water partition coefficient (Wildman–Crippen LogP) is 4.18. The molecule has 0 aliphatic heterocycles. The van der Waals surface area contributed by atoms with E-state index in [4.69, 9.17) is 28.9 Å². The zero-order valence-corrected chi connectivity index (χ0v) is 10.6. The average molecular weight is 303 g/mol. The lowest BCUT2D eigenvalue weighted by Crippen LogP contribution is -2.12. The smallest absolute Gasteiger partial charge is 0.386 e. The number of nitrogens with zero attached hydrogens (tertiary/aromatic N) is 1. The Balaban J connectivity index is 2.94. The van der Waals surface area contributed by atoms with Crippen molar-refractivity contribution in [3.8, 4) is 0 Å². The highest BCUT2D eigenvalue weighted by atomic mass is 35.5. The second-order valence-corrected chi connectivity index (χ2v) is 4.68. The molecule has 0 saturated carbocycles. The highest BCUT2D eigenvalue weighted by molar-refractivity contribution is 8.00. The van der Waals surface area contributed by atoms with Crippen LogP contribution in [0.15, 0.2) is 28.1 Å². The van der Waals surface area contributed by atoms with Gasteiger partial charge >= 0.3 is 5.51 Å². The van der Waals surface area contributed by atoms with Crippen molar-refractivity contribution in [1.29, 1.82) is 0 Å². The summed E-state index contributed by atoms with van der Waals surface area (Å²) in [4.78, 5) is 3.78. The van der Waals surface area contributed by atoms with E-state index in [1.54, 1.807) is 0 Å². The van der Waals surface area contributed by atoms with Crippen LogP contribution in [0.5, 0.6) is 0 Å². The predicted molar refractivity (Wildman–Crippen MR) is 65.4 cm³/mol. The van der Waals surface area contributed by atoms with Crippen molar-refractivity contribution in [3.05, 3.63) is 23.2 Å². The Morgan fingerprint density at radius 2 is 2.06 bits per heavy atom. The quantitative estimate of drug-likeness (QED) is 0.394. The molecule has 0 atom stereocenters. The number of halogens is 5. The number of nitrogens with two attached hydrogens (primary N) is 1. The molecule has 0 unspecified atom stereocenters. The van der Waals surface area contributed by atoms with Crippen molar-refractivity contribution in [2.75, 3.05) is 5.88 Å². The summed E-state index contributed by atoms with van der Waals surface area (Å²) in [6.45, 7) is 0. The number of rotatable bonds is 3. The van der Waals surface area contributed by atoms with E-state index in [0.29, 0.717) is 5.69 Å². The minimum Gasteiger partial charge on any atom is -0.386 e. The molecule has 1 rings (SSSR count). The molecule has 17 heavy (non-hydrogen) atoms. The summed E-state index contributed by atoms with van der Waals surface area (Å²) in [6, 6.07) is 3.93. The van der Waals surface area contributed by atoms with Crippen LogP contribution in [-0.2, 0) is 0 Å². The molecule has 0 saturated heterocycles. The van der Waals surface area contributed by atoms with Gasteiger partial charge in [0.1, 0.15) is 5.84 Å². The standard InChI is InChI=1S/C9H7Cl2F3N2S/c10-4-8(15)16-5-1-2-7(6(11)3-5)17-9(12,13)14/h1-3H,4H2,(H2,15,16). The normalized spacial score (nSPS) is 12.9. The molecule has 0 bridgehead atoms. The summed E-state index contributed by atoms with van der Waals surface area (Å²) in [7, 11) is 0. The maximum absolute atomic E-state index is 12.1. The molecule has 0 amide bonds. The first-order chi connectivity index (χ1) is 7.81. The van der Waals surface area contributed by atoms with Gasteiger partial charge in [-0.1, -0.05) is 11.6 Å². The molecule has 0 spiro atoms. The summed E-state index contributed by atoms with van der Waals surface area (Å²) in [5.41, 5.74) is 1.37. The van der Waals surface area contributed by atoms with Gasteiger partial charge in [-0.25, -0.2) is 4.99 Å². The van der Waals surface area contributed by atoms with Crippen LogP contribution < -0.4 is 5.73 Å². The van der Waals surface area contributed by atoms with Crippen molar-refractivity contribution in [3.63, 3.8) is 0 Å². The minimum atomic E-state index is -4.37. The Kier molecular flexibility index (Phi) is 4.97. The molecule has 0 radical (unpaired) electrons. The Hall–Kier alpha value is -0.590. The van der Waals surface area contributed by atoms with E-state index in [1.165, 1.54) is 18.2 Å². The summed E-state index contributed by atoms with van der Waals surface area (Å²) >= 11 is 10.8. The number of amidine groups is 1. The van der Waals surface area contributed by atoms with Gasteiger partial charge in [-0.05, 0) is 30.0 Å². The van der Waals surface area contributed by atoms with Crippen LogP contribution in [0.4, 0.5) is 18.9 Å². The Morgan fingerprint density at radius 1 is 1.41 bits per heavy atom. The lowest BCUT2D eigenvalue weighted by atomic mass is 10.3. The van der Waals surface area contributed by atoms with E-state index in [2.05, 4.69) is 4.99 Å². The van der Waals surface area contributed by atoms with E-state index >= 15 is 0 Å². The molecular formula is C9H7Cl2F3N2S. The number of thioether (sulfide) groups is 1. The van der Waals surface area contributed by atoms with Crippen molar-refractivity contribution in [1.82, 2.24) is 0 Å². The Labute approximate surface area is 110 Å². The van der Waals surface area contributed by atoms with E-state index in [1.807, 2.05) is 0 Å². The number of alkyl halides is 4. The zero-order valence-electron chi connectivity index (χ0n) is 8.26. The van der Waals surface area contributed by atoms with Gasteiger partial charge in [0, 0.05) is 4.90 Å². The topological polar surface area (TPSA) is 38.4 Å². The van der Waals surface area contributed by atoms with Crippen LogP contribution in [0, 0.1) is 0 Å². The van der Waals surface area contributed by atoms with Crippen molar-refractivity contribution >= 4 is 46.5 Å². The molecule has 0 aliphatic rings. The SMILES string of the molecule is NC(CCl)=Nc1ccc(SC(F)(F)F)c(Cl)c1. The van der Waals surface area contributed by atoms with Crippen LogP contribution in [0.1, 0.15) is 0 Å². The van der Waals surface area contributed by atoms with Gasteiger partial charge in [0.2, 0.25) is 0 Å². The lowest BCUT2D eigenvalue weighted by Gasteiger charge is -2.07. The fourth-order valence-electron chi connectivity index (χ4n) is 0.962. The number of aliphatic imine (C=N–C) groups is 1. The first-order valence-electron chi connectivity index (χ1n) is 4.26. The third-order valence-electron chi connectivity index (χ3n) is 1.55. The molecule has 0 fully saturated rings. The van der Waals surface area contributed by atoms with Gasteiger partial charge in [-0.2, -0.15) is 13.2 Å². The summed E-state index contributed by atoms with van der Waals surface area (Å²) in [5.74, 6) is 0.204. The Morgan fingerprint density at radius 3 is 2.53 bits per heavy atom. The third kappa shape index (κ3) is 5.06. The minimum absolute atomic E-state index is 0.0315. The zero-order chi connectivity index (χ0) is 13.1. The maximum atomic E-state index is 12.1. The fourth-order valence-corrected chi connectivity index (χ4v) is 1.85. The van der Waals surface area contributed by atoms with Gasteiger partial charge in [0.05, 0.1) is 16.6 Å². The van der Waals surface area contributed by atoms with Gasteiger partial charge in [-0.15, -0.1) is 11.6 Å². The van der Waals surface area contributed by atoms with E-state index in [9.17, 15) is 13.2 Å². The second kappa shape index (κ2) is 5.84. The van der Waals surface area contributed by atoms with Gasteiger partial charge in [-0.3, -0.25) is 0 Å². The fraction of sp³-hybridized carbons (Fsp3) is 0.222. The summed E-state index contributed by atoms with van der Waals surface area (Å²) in [5, 5.41) is -0.0315. The van der Waals surface area contributed by atoms with Crippen molar-refractivity contribution in [2.24, 2.45) is 10.7 Å². The Bertz CT molecular complexity index is 435. The first kappa shape index (κ1) is 14.5. The highest BCUT2D eigenvalue weighted by Gasteiger charge is 2.30. The molecule has 94 valence electrons. The molecule has 8 heteroatoms. The van der Waals surface area contributed by atoms with E-state index in [-0.39, 0.29) is 33.4 Å². The molecule has 0 heterocycles. The van der Waals surface area contributed by atoms with Crippen molar-refractivity contribution < 1.29 is 13.2 Å². The average Bonchev–Trinajstić information content (AvgIpc) is 2.20. The van der Waals surface area contributed by atoms with Crippen LogP contribution >= 0.6 is 35.0 Å². The molecule has 0 aliphatic carbocycles. The summed E-state index contributed by atoms with van der Waals surface area (Å²) in [6.07, 6.45) is 0. The number of hydrogen-bond acceptors (Lipinski definition) is 2. The van der Waals surface area contributed by atoms with Crippen LogP contribution in [-0.4, -0.2) is 17.2 Å². The number of hydrogen-bond donors (Lipinski definition) is 1. The molecule has 1 aromatic rings. The highest BCUT2D eigenvalue weighted by Crippen LogP contribution is 2.41. The van der Waals surface area contributed by atoms with E-state index in [0.717, 1.165) is 0 Å². The van der Waals surface area contributed by atoms with Gasteiger partial charge in [0.25, 0.3) is 0 Å². The summed E-state index contributed by atoms with van der Waals surface area (Å²) < 4.78 is 36.4. The van der Waals surface area contributed by atoms with E-state index < -0.39 is 5.51 Å². The maximum Gasteiger partial charge on any atom is 0.446 e. The second-order valence-electron chi connectivity index (χ2n) is 2.90. The number of benzene rings is 1. The molecular weight excluding hydrogens is 296 g/mol. The molecule has 1 aromatic carbocycles. The largest absolute Gasteiger partial charge is 0.446 e. The van der Waals surface area contributed by atoms with Crippen LogP contribution in [0.3, 0.4) is 0 Å².